The molecule has 4 aromatic rings. The van der Waals surface area contributed by atoms with Crippen LogP contribution >= 0.6 is 0 Å². The van der Waals surface area contributed by atoms with Crippen molar-refractivity contribution in [2.75, 3.05) is 13.5 Å². The molecule has 1 aromatic carbocycles. The Hall–Kier alpha value is -3.59. The first kappa shape index (κ1) is 17.8. The number of aliphatic hydroxyl groups excluding tert-OH is 1. The number of aliphatic hydroxyl groups is 1. The quantitative estimate of drug-likeness (QED) is 0.548. The third kappa shape index (κ3) is 3.23. The van der Waals surface area contributed by atoms with E-state index in [1.807, 2.05) is 0 Å². The molecular formula is C19H16FN5O3. The van der Waals surface area contributed by atoms with E-state index in [9.17, 15) is 9.18 Å². The summed E-state index contributed by atoms with van der Waals surface area (Å²) in [6.07, 6.45) is 8.07. The molecule has 0 fully saturated rings. The second-order valence-electron chi connectivity index (χ2n) is 5.93. The summed E-state index contributed by atoms with van der Waals surface area (Å²) < 4.78 is 20.2. The van der Waals surface area contributed by atoms with E-state index in [0.717, 1.165) is 5.56 Å². The smallest absolute Gasteiger partial charge is 0.283 e. The Morgan fingerprint density at radius 1 is 1.07 bits per heavy atom. The maximum Gasteiger partial charge on any atom is 0.283 e. The van der Waals surface area contributed by atoms with Crippen LogP contribution < -0.4 is 10.3 Å². The van der Waals surface area contributed by atoms with E-state index >= 15 is 0 Å². The molecule has 3 heterocycles. The van der Waals surface area contributed by atoms with Gasteiger partial charge in [0.1, 0.15) is 11.3 Å². The van der Waals surface area contributed by atoms with Crippen molar-refractivity contribution >= 4 is 11.0 Å². The standard InChI is InChI=1S/C19H16FN5O3/c20-12-28-15-3-1-14(2-4-15)25-11-16(13-9-23-24(10-13)7-8-26)17-18(19(25)27)22-6-5-21-17/h1-6,9-11,26H,7-8,12H2. The lowest BCUT2D eigenvalue weighted by molar-refractivity contribution is 0.192. The molecular weight excluding hydrogens is 365 g/mol. The van der Waals surface area contributed by atoms with Crippen molar-refractivity contribution in [2.24, 2.45) is 0 Å². The van der Waals surface area contributed by atoms with Gasteiger partial charge in [-0.1, -0.05) is 0 Å². The molecule has 0 spiro atoms. The fraction of sp³-hybridized carbons (Fsp3) is 0.158. The summed E-state index contributed by atoms with van der Waals surface area (Å²) in [7, 11) is 0. The topological polar surface area (TPSA) is 95.1 Å². The Morgan fingerprint density at radius 3 is 2.54 bits per heavy atom. The average Bonchev–Trinajstić information content (AvgIpc) is 3.18. The number of benzene rings is 1. The van der Waals surface area contributed by atoms with Crippen LogP contribution in [-0.2, 0) is 6.54 Å². The molecule has 0 aliphatic heterocycles. The number of hydrogen-bond donors (Lipinski definition) is 1. The van der Waals surface area contributed by atoms with E-state index < -0.39 is 6.86 Å². The van der Waals surface area contributed by atoms with Crippen molar-refractivity contribution in [3.8, 4) is 22.6 Å². The SMILES string of the molecule is O=c1c2nccnc2c(-c2cnn(CCO)c2)cn1-c1ccc(OCF)cc1. The summed E-state index contributed by atoms with van der Waals surface area (Å²) in [5.74, 6) is 0.366. The molecule has 28 heavy (non-hydrogen) atoms. The number of nitrogens with zero attached hydrogens (tertiary/aromatic N) is 5. The molecule has 9 heteroatoms. The number of halogens is 1. The van der Waals surface area contributed by atoms with Crippen LogP contribution in [0.1, 0.15) is 0 Å². The fourth-order valence-electron chi connectivity index (χ4n) is 2.95. The Labute approximate surface area is 158 Å². The van der Waals surface area contributed by atoms with Crippen LogP contribution in [0.15, 0.2) is 60.0 Å². The summed E-state index contributed by atoms with van der Waals surface area (Å²) in [5.41, 5.74) is 2.35. The van der Waals surface area contributed by atoms with Crippen LogP contribution in [0.4, 0.5) is 4.39 Å². The van der Waals surface area contributed by atoms with Gasteiger partial charge in [0.15, 0.2) is 5.52 Å². The van der Waals surface area contributed by atoms with Gasteiger partial charge < -0.3 is 9.84 Å². The predicted octanol–water partition coefficient (Wildman–Crippen LogP) is 1.94. The van der Waals surface area contributed by atoms with Crippen molar-refractivity contribution < 1.29 is 14.2 Å². The Morgan fingerprint density at radius 2 is 1.82 bits per heavy atom. The molecule has 0 aliphatic carbocycles. The predicted molar refractivity (Wildman–Crippen MR) is 100 cm³/mol. The number of hydrogen-bond acceptors (Lipinski definition) is 6. The minimum Gasteiger partial charge on any atom is -0.463 e. The number of ether oxygens (including phenoxy) is 1. The Balaban J connectivity index is 1.90. The monoisotopic (exact) mass is 381 g/mol. The van der Waals surface area contributed by atoms with Gasteiger partial charge in [0.25, 0.3) is 5.56 Å². The van der Waals surface area contributed by atoms with Crippen molar-refractivity contribution in [2.45, 2.75) is 6.54 Å². The third-order valence-corrected chi connectivity index (χ3v) is 4.24. The van der Waals surface area contributed by atoms with Gasteiger partial charge in [-0.05, 0) is 24.3 Å². The number of rotatable bonds is 6. The highest BCUT2D eigenvalue weighted by Crippen LogP contribution is 2.25. The van der Waals surface area contributed by atoms with E-state index in [0.29, 0.717) is 29.1 Å². The van der Waals surface area contributed by atoms with Gasteiger partial charge in [-0.2, -0.15) is 5.10 Å². The lowest BCUT2D eigenvalue weighted by Crippen LogP contribution is -2.19. The zero-order chi connectivity index (χ0) is 19.5. The highest BCUT2D eigenvalue weighted by molar-refractivity contribution is 5.90. The van der Waals surface area contributed by atoms with E-state index in [1.165, 1.54) is 17.0 Å². The molecule has 142 valence electrons. The normalized spacial score (nSPS) is 11.1. The maximum absolute atomic E-state index is 12.9. The summed E-state index contributed by atoms with van der Waals surface area (Å²) >= 11 is 0. The fourth-order valence-corrected chi connectivity index (χ4v) is 2.95. The van der Waals surface area contributed by atoms with E-state index in [2.05, 4.69) is 15.1 Å². The molecule has 1 N–H and O–H groups in total. The summed E-state index contributed by atoms with van der Waals surface area (Å²) in [6.45, 7) is -0.597. The highest BCUT2D eigenvalue weighted by Gasteiger charge is 2.15. The lowest BCUT2D eigenvalue weighted by atomic mass is 10.1. The van der Waals surface area contributed by atoms with Crippen LogP contribution in [0.5, 0.6) is 5.75 Å². The Bertz CT molecular complexity index is 1170. The molecule has 0 amide bonds. The van der Waals surface area contributed by atoms with E-state index in [1.54, 1.807) is 47.5 Å². The third-order valence-electron chi connectivity index (χ3n) is 4.24. The number of fused-ring (bicyclic) bond motifs is 1. The molecule has 0 atom stereocenters. The van der Waals surface area contributed by atoms with Crippen LogP contribution in [0.2, 0.25) is 0 Å². The van der Waals surface area contributed by atoms with Crippen LogP contribution in [0.3, 0.4) is 0 Å². The van der Waals surface area contributed by atoms with Gasteiger partial charge in [-0.15, -0.1) is 0 Å². The molecule has 0 saturated heterocycles. The molecule has 0 saturated carbocycles. The Kier molecular flexibility index (Phi) is 4.81. The van der Waals surface area contributed by atoms with Gasteiger partial charge in [0.05, 0.1) is 19.3 Å². The largest absolute Gasteiger partial charge is 0.463 e. The average molecular weight is 381 g/mol. The van der Waals surface area contributed by atoms with E-state index in [-0.39, 0.29) is 17.7 Å². The van der Waals surface area contributed by atoms with Crippen molar-refractivity contribution in [1.82, 2.24) is 24.3 Å². The van der Waals surface area contributed by atoms with Gasteiger partial charge in [-0.3, -0.25) is 19.0 Å². The van der Waals surface area contributed by atoms with Crippen molar-refractivity contribution in [3.05, 3.63) is 65.6 Å². The minimum absolute atomic E-state index is 0.0333. The molecule has 8 nitrogen and oxygen atoms in total. The molecule has 3 aromatic heterocycles. The van der Waals surface area contributed by atoms with Crippen LogP contribution in [0.25, 0.3) is 27.8 Å². The first-order valence-electron chi connectivity index (χ1n) is 8.50. The van der Waals surface area contributed by atoms with Gasteiger partial charge in [-0.25, -0.2) is 9.37 Å². The molecule has 4 rings (SSSR count). The highest BCUT2D eigenvalue weighted by atomic mass is 19.1. The molecule has 0 radical (unpaired) electrons. The van der Waals surface area contributed by atoms with Gasteiger partial charge in [0.2, 0.25) is 6.86 Å². The zero-order valence-corrected chi connectivity index (χ0v) is 14.7. The van der Waals surface area contributed by atoms with Crippen LogP contribution in [0, 0.1) is 0 Å². The van der Waals surface area contributed by atoms with Crippen molar-refractivity contribution in [1.29, 1.82) is 0 Å². The number of pyridine rings is 1. The van der Waals surface area contributed by atoms with Crippen LogP contribution in [-0.4, -0.2) is 42.9 Å². The second-order valence-corrected chi connectivity index (χ2v) is 5.93. The first-order chi connectivity index (χ1) is 13.7. The lowest BCUT2D eigenvalue weighted by Gasteiger charge is -2.11. The molecule has 0 bridgehead atoms. The zero-order valence-electron chi connectivity index (χ0n) is 14.7. The summed E-state index contributed by atoms with van der Waals surface area (Å²) in [6, 6.07) is 6.49. The number of alkyl halides is 1. The molecule has 0 aliphatic rings. The van der Waals surface area contributed by atoms with E-state index in [4.69, 9.17) is 9.84 Å². The first-order valence-corrected chi connectivity index (χ1v) is 8.50. The second kappa shape index (κ2) is 7.57. The van der Waals surface area contributed by atoms with Crippen molar-refractivity contribution in [3.63, 3.8) is 0 Å². The number of aromatic nitrogens is 5. The molecule has 0 unspecified atom stereocenters. The van der Waals surface area contributed by atoms with Gasteiger partial charge >= 0.3 is 0 Å². The van der Waals surface area contributed by atoms with Gasteiger partial charge in [0, 0.05) is 41.6 Å². The summed E-state index contributed by atoms with van der Waals surface area (Å²) in [4.78, 5) is 21.5. The summed E-state index contributed by atoms with van der Waals surface area (Å²) in [5, 5.41) is 13.3. The minimum atomic E-state index is -0.924. The maximum atomic E-state index is 12.9.